The second-order valence-corrected chi connectivity index (χ2v) is 6.78. The van der Waals surface area contributed by atoms with Crippen LogP contribution in [0.2, 0.25) is 0 Å². The molecule has 0 bridgehead atoms. The Balaban J connectivity index is 0.00000280. The van der Waals surface area contributed by atoms with Gasteiger partial charge in [0.15, 0.2) is 0 Å². The summed E-state index contributed by atoms with van der Waals surface area (Å²) in [4.78, 5) is 12.4. The van der Waals surface area contributed by atoms with Gasteiger partial charge in [-0.05, 0) is 48.2 Å². The SMILES string of the molecule is CC(Cc1cccc(C(F)(F)F)c1)C(=O)Nc1ccc2c(c1F)CCNC2.Cl. The molecule has 3 rings (SSSR count). The fraction of sp³-hybridized carbons (Fsp3) is 0.350. The first kappa shape index (κ1) is 22.2. The number of amides is 1. The van der Waals surface area contributed by atoms with Crippen LogP contribution in [0.5, 0.6) is 0 Å². The molecule has 1 aliphatic rings. The first-order valence-electron chi connectivity index (χ1n) is 8.73. The van der Waals surface area contributed by atoms with Gasteiger partial charge in [-0.3, -0.25) is 4.79 Å². The summed E-state index contributed by atoms with van der Waals surface area (Å²) < 4.78 is 53.0. The highest BCUT2D eigenvalue weighted by atomic mass is 35.5. The minimum atomic E-state index is -4.43. The van der Waals surface area contributed by atoms with E-state index in [1.807, 2.05) is 0 Å². The van der Waals surface area contributed by atoms with Gasteiger partial charge >= 0.3 is 6.18 Å². The third-order valence-corrected chi connectivity index (χ3v) is 4.71. The molecular weight excluding hydrogens is 396 g/mol. The summed E-state index contributed by atoms with van der Waals surface area (Å²) in [7, 11) is 0. The molecule has 2 N–H and O–H groups in total. The molecule has 28 heavy (non-hydrogen) atoms. The molecule has 3 nitrogen and oxygen atoms in total. The van der Waals surface area contributed by atoms with Crippen LogP contribution in [0.15, 0.2) is 36.4 Å². The van der Waals surface area contributed by atoms with Crippen molar-refractivity contribution < 1.29 is 22.4 Å². The van der Waals surface area contributed by atoms with Gasteiger partial charge in [0.2, 0.25) is 5.91 Å². The number of carbonyl (C=O) groups excluding carboxylic acids is 1. The number of halogens is 5. The van der Waals surface area contributed by atoms with E-state index in [2.05, 4.69) is 10.6 Å². The Bertz CT molecular complexity index is 855. The summed E-state index contributed by atoms with van der Waals surface area (Å²) in [5.74, 6) is -1.47. The third kappa shape index (κ3) is 5.02. The average Bonchev–Trinajstić information content (AvgIpc) is 2.63. The molecule has 0 saturated carbocycles. The lowest BCUT2D eigenvalue weighted by molar-refractivity contribution is -0.137. The second-order valence-electron chi connectivity index (χ2n) is 6.78. The molecule has 1 heterocycles. The summed E-state index contributed by atoms with van der Waals surface area (Å²) in [6.07, 6.45) is -3.75. The summed E-state index contributed by atoms with van der Waals surface area (Å²) >= 11 is 0. The van der Waals surface area contributed by atoms with Crippen LogP contribution in [-0.2, 0) is 30.4 Å². The molecule has 8 heteroatoms. The van der Waals surface area contributed by atoms with Gasteiger partial charge in [0.25, 0.3) is 0 Å². The quantitative estimate of drug-likeness (QED) is 0.707. The van der Waals surface area contributed by atoms with E-state index in [-0.39, 0.29) is 24.5 Å². The van der Waals surface area contributed by atoms with Gasteiger partial charge in [-0.25, -0.2) is 4.39 Å². The van der Waals surface area contributed by atoms with Crippen molar-refractivity contribution in [1.29, 1.82) is 0 Å². The smallest absolute Gasteiger partial charge is 0.323 e. The normalized spacial score (nSPS) is 14.6. The highest BCUT2D eigenvalue weighted by Gasteiger charge is 2.30. The highest BCUT2D eigenvalue weighted by molar-refractivity contribution is 5.92. The molecule has 0 radical (unpaired) electrons. The van der Waals surface area contributed by atoms with E-state index in [1.165, 1.54) is 12.1 Å². The number of carbonyl (C=O) groups is 1. The molecule has 1 amide bonds. The molecule has 0 spiro atoms. The van der Waals surface area contributed by atoms with Crippen molar-refractivity contribution in [3.63, 3.8) is 0 Å². The minimum absolute atomic E-state index is 0. The Kier molecular flexibility index (Phi) is 7.06. The van der Waals surface area contributed by atoms with Crippen LogP contribution in [-0.4, -0.2) is 12.5 Å². The van der Waals surface area contributed by atoms with Crippen molar-refractivity contribution in [1.82, 2.24) is 5.32 Å². The molecular formula is C20H21ClF4N2O. The summed E-state index contributed by atoms with van der Waals surface area (Å²) in [6, 6.07) is 8.20. The number of nitrogens with one attached hydrogen (secondary N) is 2. The van der Waals surface area contributed by atoms with E-state index in [0.29, 0.717) is 30.6 Å². The Labute approximate surface area is 166 Å². The Hall–Kier alpha value is -2.12. The summed E-state index contributed by atoms with van der Waals surface area (Å²) in [6.45, 7) is 2.87. The molecule has 0 aliphatic carbocycles. The zero-order valence-electron chi connectivity index (χ0n) is 15.2. The van der Waals surface area contributed by atoms with Gasteiger partial charge in [0.05, 0.1) is 11.3 Å². The van der Waals surface area contributed by atoms with E-state index in [1.54, 1.807) is 19.1 Å². The van der Waals surface area contributed by atoms with Gasteiger partial charge in [0.1, 0.15) is 5.82 Å². The standard InChI is InChI=1S/C20H20F4N2O.ClH/c1-12(9-13-3-2-4-15(10-13)20(22,23)24)19(27)26-17-6-5-14-11-25-8-7-16(14)18(17)21;/h2-6,10,12,25H,7-9,11H2,1H3,(H,26,27);1H. The fourth-order valence-electron chi connectivity index (χ4n) is 3.21. The maximum Gasteiger partial charge on any atom is 0.416 e. The predicted octanol–water partition coefficient (Wildman–Crippen LogP) is 4.73. The molecule has 152 valence electrons. The van der Waals surface area contributed by atoms with Gasteiger partial charge in [-0.2, -0.15) is 13.2 Å². The van der Waals surface area contributed by atoms with E-state index < -0.39 is 29.4 Å². The first-order chi connectivity index (χ1) is 12.8. The molecule has 0 fully saturated rings. The number of hydrogen-bond acceptors (Lipinski definition) is 2. The number of fused-ring (bicyclic) bond motifs is 1. The van der Waals surface area contributed by atoms with Crippen LogP contribution in [0.1, 0.15) is 29.2 Å². The van der Waals surface area contributed by atoms with E-state index >= 15 is 0 Å². The molecule has 0 saturated heterocycles. The van der Waals surface area contributed by atoms with Crippen molar-refractivity contribution in [2.45, 2.75) is 32.5 Å². The Morgan fingerprint density at radius 1 is 1.25 bits per heavy atom. The van der Waals surface area contributed by atoms with Crippen molar-refractivity contribution in [2.75, 3.05) is 11.9 Å². The third-order valence-electron chi connectivity index (χ3n) is 4.71. The van der Waals surface area contributed by atoms with Gasteiger partial charge in [0, 0.05) is 12.5 Å². The summed E-state index contributed by atoms with van der Waals surface area (Å²) in [5, 5.41) is 5.72. The summed E-state index contributed by atoms with van der Waals surface area (Å²) in [5.41, 5.74) is 1.23. The molecule has 1 aliphatic heterocycles. The van der Waals surface area contributed by atoms with Gasteiger partial charge < -0.3 is 10.6 Å². The average molecular weight is 417 g/mol. The van der Waals surface area contributed by atoms with E-state index in [4.69, 9.17) is 0 Å². The van der Waals surface area contributed by atoms with Crippen LogP contribution in [0.4, 0.5) is 23.2 Å². The van der Waals surface area contributed by atoms with Gasteiger partial charge in [-0.1, -0.05) is 31.2 Å². The Morgan fingerprint density at radius 3 is 2.71 bits per heavy atom. The van der Waals surface area contributed by atoms with E-state index in [0.717, 1.165) is 17.7 Å². The zero-order chi connectivity index (χ0) is 19.6. The highest BCUT2D eigenvalue weighted by Crippen LogP contribution is 2.30. The number of anilines is 1. The van der Waals surface area contributed by atoms with Crippen LogP contribution >= 0.6 is 12.4 Å². The van der Waals surface area contributed by atoms with Crippen LogP contribution in [0, 0.1) is 11.7 Å². The monoisotopic (exact) mass is 416 g/mol. The van der Waals surface area contributed by atoms with Crippen molar-refractivity contribution in [3.8, 4) is 0 Å². The molecule has 1 atom stereocenters. The topological polar surface area (TPSA) is 41.1 Å². The first-order valence-corrected chi connectivity index (χ1v) is 8.73. The maximum absolute atomic E-state index is 14.6. The lowest BCUT2D eigenvalue weighted by atomic mass is 9.97. The molecule has 1 unspecified atom stereocenters. The van der Waals surface area contributed by atoms with Crippen LogP contribution < -0.4 is 10.6 Å². The fourth-order valence-corrected chi connectivity index (χ4v) is 3.21. The van der Waals surface area contributed by atoms with E-state index in [9.17, 15) is 22.4 Å². The largest absolute Gasteiger partial charge is 0.416 e. The second kappa shape index (κ2) is 8.92. The van der Waals surface area contributed by atoms with Crippen LogP contribution in [0.25, 0.3) is 0 Å². The zero-order valence-corrected chi connectivity index (χ0v) is 16.0. The molecule has 2 aromatic rings. The minimum Gasteiger partial charge on any atom is -0.323 e. The Morgan fingerprint density at radius 2 is 2.00 bits per heavy atom. The lowest BCUT2D eigenvalue weighted by Crippen LogP contribution is -2.26. The maximum atomic E-state index is 14.6. The number of rotatable bonds is 4. The van der Waals surface area contributed by atoms with Crippen molar-refractivity contribution in [2.24, 2.45) is 5.92 Å². The number of alkyl halides is 3. The lowest BCUT2D eigenvalue weighted by Gasteiger charge is -2.20. The van der Waals surface area contributed by atoms with Gasteiger partial charge in [-0.15, -0.1) is 12.4 Å². The molecule has 2 aromatic carbocycles. The number of hydrogen-bond donors (Lipinski definition) is 2. The van der Waals surface area contributed by atoms with Crippen LogP contribution in [0.3, 0.4) is 0 Å². The number of benzene rings is 2. The van der Waals surface area contributed by atoms with Crippen molar-refractivity contribution >= 4 is 24.0 Å². The van der Waals surface area contributed by atoms with Crippen molar-refractivity contribution in [3.05, 3.63) is 64.5 Å². The molecule has 0 aromatic heterocycles. The predicted molar refractivity (Wildman–Crippen MR) is 102 cm³/mol.